The van der Waals surface area contributed by atoms with E-state index in [4.69, 9.17) is 4.74 Å². The molecule has 0 aliphatic carbocycles. The van der Waals surface area contributed by atoms with Gasteiger partial charge in [-0.05, 0) is 30.0 Å². The molecule has 0 saturated carbocycles. The summed E-state index contributed by atoms with van der Waals surface area (Å²) in [7, 11) is 5.66. The van der Waals surface area contributed by atoms with Gasteiger partial charge in [-0.15, -0.1) is 11.3 Å². The molecule has 4 nitrogen and oxygen atoms in total. The van der Waals surface area contributed by atoms with Gasteiger partial charge in [-0.25, -0.2) is 4.98 Å². The topological polar surface area (TPSA) is 37.4 Å². The van der Waals surface area contributed by atoms with Crippen LogP contribution < -0.4 is 15.0 Å². The highest BCUT2D eigenvalue weighted by Gasteiger charge is 2.12. The Kier molecular flexibility index (Phi) is 4.27. The average Bonchev–Trinajstić information content (AvgIpc) is 2.81. The number of rotatable bonds is 5. The Bertz CT molecular complexity index is 551. The zero-order valence-corrected chi connectivity index (χ0v) is 12.5. The smallest absolute Gasteiger partial charge is 0.239 e. The summed E-state index contributed by atoms with van der Waals surface area (Å²) < 4.78 is 5.34. The molecule has 19 heavy (non-hydrogen) atoms. The molecule has 0 spiro atoms. The number of ether oxygens (including phenoxy) is 1. The third-order valence-electron chi connectivity index (χ3n) is 2.96. The normalized spacial score (nSPS) is 10.3. The monoisotopic (exact) mass is 277 g/mol. The molecule has 0 atom stereocenters. The third kappa shape index (κ3) is 2.98. The van der Waals surface area contributed by atoms with Crippen molar-refractivity contribution in [3.63, 3.8) is 0 Å². The molecular formula is C14H19N3OS. The van der Waals surface area contributed by atoms with E-state index in [9.17, 15) is 0 Å². The van der Waals surface area contributed by atoms with Gasteiger partial charge in [0.05, 0.1) is 12.8 Å². The molecular weight excluding hydrogens is 258 g/mol. The molecule has 2 heterocycles. The Hall–Kier alpha value is -1.75. The van der Waals surface area contributed by atoms with Gasteiger partial charge in [0.1, 0.15) is 5.69 Å². The lowest BCUT2D eigenvalue weighted by Gasteiger charge is -2.19. The first-order valence-electron chi connectivity index (χ1n) is 6.10. The van der Waals surface area contributed by atoms with Crippen molar-refractivity contribution in [1.82, 2.24) is 4.98 Å². The summed E-state index contributed by atoms with van der Waals surface area (Å²) in [5, 5.41) is 5.55. The summed E-state index contributed by atoms with van der Waals surface area (Å²) in [4.78, 5) is 7.63. The number of aryl methyl sites for hydroxylation is 1. The van der Waals surface area contributed by atoms with Gasteiger partial charge in [-0.2, -0.15) is 0 Å². The number of aromatic nitrogens is 1. The van der Waals surface area contributed by atoms with Gasteiger partial charge in [0.15, 0.2) is 0 Å². The molecule has 2 aromatic rings. The molecule has 2 aromatic heterocycles. The summed E-state index contributed by atoms with van der Waals surface area (Å²) in [6.07, 6.45) is 1.76. The minimum Gasteiger partial charge on any atom is -0.479 e. The van der Waals surface area contributed by atoms with E-state index >= 15 is 0 Å². The summed E-state index contributed by atoms with van der Waals surface area (Å²) >= 11 is 1.76. The van der Waals surface area contributed by atoms with Crippen molar-refractivity contribution in [1.29, 1.82) is 0 Å². The van der Waals surface area contributed by atoms with Gasteiger partial charge in [0.2, 0.25) is 5.88 Å². The zero-order chi connectivity index (χ0) is 13.8. The Balaban J connectivity index is 2.25. The van der Waals surface area contributed by atoms with Crippen molar-refractivity contribution in [3.8, 4) is 5.88 Å². The fourth-order valence-electron chi connectivity index (χ4n) is 1.88. The van der Waals surface area contributed by atoms with Gasteiger partial charge in [0, 0.05) is 31.7 Å². The number of nitrogens with one attached hydrogen (secondary N) is 1. The number of thiophene rings is 1. The molecule has 0 unspecified atom stereocenters. The number of hydrogen-bond acceptors (Lipinski definition) is 5. The standard InChI is InChI=1S/C14H19N3OS/c1-10-6-8-19-12(10)9-16-13-11(17(2)3)5-7-15-14(13)18-4/h5-8,16H,9H2,1-4H3. The van der Waals surface area contributed by atoms with Crippen LogP contribution >= 0.6 is 11.3 Å². The van der Waals surface area contributed by atoms with Crippen molar-refractivity contribution < 1.29 is 4.74 Å². The number of methoxy groups -OCH3 is 1. The molecule has 102 valence electrons. The largest absolute Gasteiger partial charge is 0.479 e. The van der Waals surface area contributed by atoms with Gasteiger partial charge < -0.3 is 15.0 Å². The lowest BCUT2D eigenvalue weighted by atomic mass is 10.2. The Morgan fingerprint density at radius 1 is 1.37 bits per heavy atom. The van der Waals surface area contributed by atoms with Crippen molar-refractivity contribution in [3.05, 3.63) is 34.2 Å². The number of nitrogens with zero attached hydrogens (tertiary/aromatic N) is 2. The van der Waals surface area contributed by atoms with Crippen LogP contribution in [0.15, 0.2) is 23.7 Å². The van der Waals surface area contributed by atoms with Crippen LogP contribution in [0.5, 0.6) is 5.88 Å². The average molecular weight is 277 g/mol. The van der Waals surface area contributed by atoms with Crippen LogP contribution in [0.3, 0.4) is 0 Å². The molecule has 0 aliphatic heterocycles. The van der Waals surface area contributed by atoms with Gasteiger partial charge in [0.25, 0.3) is 0 Å². The van der Waals surface area contributed by atoms with E-state index in [2.05, 4.69) is 28.7 Å². The summed E-state index contributed by atoms with van der Waals surface area (Å²) in [6.45, 7) is 2.91. The molecule has 0 aromatic carbocycles. The Morgan fingerprint density at radius 3 is 2.74 bits per heavy atom. The fraction of sp³-hybridized carbons (Fsp3) is 0.357. The maximum Gasteiger partial charge on any atom is 0.239 e. The molecule has 5 heteroatoms. The first kappa shape index (κ1) is 13.7. The highest BCUT2D eigenvalue weighted by atomic mass is 32.1. The molecule has 0 bridgehead atoms. The predicted octanol–water partition coefficient (Wildman–Crippen LogP) is 3.14. The fourth-order valence-corrected chi connectivity index (χ4v) is 2.73. The SMILES string of the molecule is COc1nccc(N(C)C)c1NCc1sccc1C. The van der Waals surface area contributed by atoms with Crippen molar-refractivity contribution in [2.24, 2.45) is 0 Å². The molecule has 1 N–H and O–H groups in total. The summed E-state index contributed by atoms with van der Waals surface area (Å²) in [6, 6.07) is 4.11. The minimum absolute atomic E-state index is 0.625. The van der Waals surface area contributed by atoms with Crippen LogP contribution in [0.1, 0.15) is 10.4 Å². The molecule has 0 amide bonds. The highest BCUT2D eigenvalue weighted by molar-refractivity contribution is 7.10. The van der Waals surface area contributed by atoms with Crippen LogP contribution in [-0.2, 0) is 6.54 Å². The van der Waals surface area contributed by atoms with Crippen LogP contribution in [0.25, 0.3) is 0 Å². The number of pyridine rings is 1. The second-order valence-corrected chi connectivity index (χ2v) is 5.49. The van der Waals surface area contributed by atoms with E-state index < -0.39 is 0 Å². The van der Waals surface area contributed by atoms with E-state index in [1.165, 1.54) is 10.4 Å². The van der Waals surface area contributed by atoms with Crippen molar-refractivity contribution in [2.45, 2.75) is 13.5 Å². The summed E-state index contributed by atoms with van der Waals surface area (Å²) in [5.74, 6) is 0.625. The van der Waals surface area contributed by atoms with Crippen LogP contribution in [0, 0.1) is 6.92 Å². The zero-order valence-electron chi connectivity index (χ0n) is 11.7. The van der Waals surface area contributed by atoms with Crippen LogP contribution in [0.2, 0.25) is 0 Å². The second kappa shape index (κ2) is 5.93. The molecule has 0 aliphatic rings. The Morgan fingerprint density at radius 2 is 2.16 bits per heavy atom. The lowest BCUT2D eigenvalue weighted by molar-refractivity contribution is 0.400. The van der Waals surface area contributed by atoms with Crippen molar-refractivity contribution >= 4 is 22.7 Å². The van der Waals surface area contributed by atoms with E-state index in [1.807, 2.05) is 25.1 Å². The quantitative estimate of drug-likeness (QED) is 0.911. The van der Waals surface area contributed by atoms with Gasteiger partial charge >= 0.3 is 0 Å². The Labute approximate surface area is 118 Å². The molecule has 0 fully saturated rings. The van der Waals surface area contributed by atoms with Crippen LogP contribution in [-0.4, -0.2) is 26.2 Å². The predicted molar refractivity (Wildman–Crippen MR) is 81.5 cm³/mol. The first-order chi connectivity index (χ1) is 9.13. The third-order valence-corrected chi connectivity index (χ3v) is 3.99. The number of hydrogen-bond donors (Lipinski definition) is 1. The highest BCUT2D eigenvalue weighted by Crippen LogP contribution is 2.32. The van der Waals surface area contributed by atoms with Crippen molar-refractivity contribution in [2.75, 3.05) is 31.4 Å². The molecule has 0 radical (unpaired) electrons. The lowest BCUT2D eigenvalue weighted by Crippen LogP contribution is -2.13. The second-order valence-electron chi connectivity index (χ2n) is 4.49. The molecule has 2 rings (SSSR count). The van der Waals surface area contributed by atoms with Gasteiger partial charge in [-0.3, -0.25) is 0 Å². The number of anilines is 2. The van der Waals surface area contributed by atoms with Gasteiger partial charge in [-0.1, -0.05) is 0 Å². The van der Waals surface area contributed by atoms with Crippen LogP contribution in [0.4, 0.5) is 11.4 Å². The maximum absolute atomic E-state index is 5.34. The van der Waals surface area contributed by atoms with E-state index in [0.29, 0.717) is 5.88 Å². The minimum atomic E-state index is 0.625. The summed E-state index contributed by atoms with van der Waals surface area (Å²) in [5.41, 5.74) is 3.32. The first-order valence-corrected chi connectivity index (χ1v) is 6.98. The van der Waals surface area contributed by atoms with E-state index in [1.54, 1.807) is 24.6 Å². The molecule has 0 saturated heterocycles. The maximum atomic E-state index is 5.34. The van der Waals surface area contributed by atoms with E-state index in [-0.39, 0.29) is 0 Å². The van der Waals surface area contributed by atoms with E-state index in [0.717, 1.165) is 17.9 Å².